The second-order valence-corrected chi connectivity index (χ2v) is 13.9. The summed E-state index contributed by atoms with van der Waals surface area (Å²) in [5, 5.41) is 10.3. The molecule has 0 heterocycles. The van der Waals surface area contributed by atoms with E-state index in [0.29, 0.717) is 10.9 Å². The molecule has 0 aliphatic carbocycles. The van der Waals surface area contributed by atoms with Gasteiger partial charge in [0, 0.05) is 16.5 Å². The van der Waals surface area contributed by atoms with Crippen molar-refractivity contribution in [1.82, 2.24) is 0 Å². The lowest BCUT2D eigenvalue weighted by Gasteiger charge is -2.22. The van der Waals surface area contributed by atoms with Crippen LogP contribution in [0.25, 0.3) is 86.9 Å². The van der Waals surface area contributed by atoms with Gasteiger partial charge in [0.2, 0.25) is 0 Å². The van der Waals surface area contributed by atoms with Crippen LogP contribution in [0.4, 0.5) is 13.2 Å². The van der Waals surface area contributed by atoms with Gasteiger partial charge in [-0.1, -0.05) is 133 Å². The Bertz CT molecular complexity index is 2880. The summed E-state index contributed by atoms with van der Waals surface area (Å²) in [4.78, 5) is 0. The van der Waals surface area contributed by atoms with Gasteiger partial charge in [-0.2, -0.15) is 21.6 Å². The first kappa shape index (κ1) is 30.2. The standard InChI is InChI=1S/C43H25F3O3S/c44-43(45,46)50(47,48)49-38-24-23-37-31-15-4-3-13-29(31)30-14-5-6-16-32(30)40(37)42(38)41-35-19-9-7-17-33(35)39(34-18-8-10-20-36(34)41)28-22-21-26-11-1-2-12-27(26)25-28/h1-25H. The fraction of sp³-hybridized carbons (Fsp3) is 0.0233. The van der Waals surface area contributed by atoms with Crippen LogP contribution < -0.4 is 4.18 Å². The molecule has 7 heteroatoms. The Balaban J connectivity index is 1.50. The molecule has 0 unspecified atom stereocenters. The second-order valence-electron chi connectivity index (χ2n) is 12.3. The third-order valence-corrected chi connectivity index (χ3v) is 10.5. The Labute approximate surface area is 284 Å². The van der Waals surface area contributed by atoms with Crippen molar-refractivity contribution in [1.29, 1.82) is 0 Å². The lowest BCUT2D eigenvalue weighted by Crippen LogP contribution is -2.28. The largest absolute Gasteiger partial charge is 0.534 e. The van der Waals surface area contributed by atoms with E-state index in [-0.39, 0.29) is 5.56 Å². The lowest BCUT2D eigenvalue weighted by molar-refractivity contribution is -0.0499. The third-order valence-electron chi connectivity index (χ3n) is 9.57. The van der Waals surface area contributed by atoms with Crippen LogP contribution in [0.3, 0.4) is 0 Å². The van der Waals surface area contributed by atoms with Crippen molar-refractivity contribution in [2.45, 2.75) is 5.51 Å². The molecule has 0 spiro atoms. The van der Waals surface area contributed by atoms with Gasteiger partial charge in [-0.3, -0.25) is 0 Å². The molecule has 3 nitrogen and oxygen atoms in total. The monoisotopic (exact) mass is 678 g/mol. The maximum atomic E-state index is 14.0. The number of benzene rings is 9. The summed E-state index contributed by atoms with van der Waals surface area (Å²) >= 11 is 0. The molecular weight excluding hydrogens is 654 g/mol. The van der Waals surface area contributed by atoms with E-state index in [1.54, 1.807) is 6.07 Å². The summed E-state index contributed by atoms with van der Waals surface area (Å²) in [6.07, 6.45) is 0. The van der Waals surface area contributed by atoms with Gasteiger partial charge in [0.25, 0.3) is 0 Å². The summed E-state index contributed by atoms with van der Waals surface area (Å²) in [5.41, 5.74) is -2.83. The molecule has 242 valence electrons. The molecule has 0 bridgehead atoms. The summed E-state index contributed by atoms with van der Waals surface area (Å²) in [5.74, 6) is -0.399. The first-order chi connectivity index (χ1) is 24.2. The Kier molecular flexibility index (Phi) is 6.67. The van der Waals surface area contributed by atoms with E-state index >= 15 is 0 Å². The summed E-state index contributed by atoms with van der Waals surface area (Å²) in [6.45, 7) is 0. The summed E-state index contributed by atoms with van der Waals surface area (Å²) < 4.78 is 72.5. The molecule has 0 radical (unpaired) electrons. The first-order valence-corrected chi connectivity index (χ1v) is 17.4. The van der Waals surface area contributed by atoms with Gasteiger partial charge in [-0.25, -0.2) is 0 Å². The normalized spacial score (nSPS) is 12.5. The van der Waals surface area contributed by atoms with Crippen LogP contribution in [0, 0.1) is 0 Å². The van der Waals surface area contributed by atoms with E-state index in [9.17, 15) is 21.6 Å². The van der Waals surface area contributed by atoms with Gasteiger partial charge in [-0.15, -0.1) is 0 Å². The molecule has 0 atom stereocenters. The van der Waals surface area contributed by atoms with E-state index in [4.69, 9.17) is 4.18 Å². The van der Waals surface area contributed by atoms with Crippen molar-refractivity contribution in [3.8, 4) is 28.0 Å². The maximum absolute atomic E-state index is 14.0. The number of alkyl halides is 3. The van der Waals surface area contributed by atoms with Crippen LogP contribution in [0.1, 0.15) is 0 Å². The average Bonchev–Trinajstić information content (AvgIpc) is 3.13. The Hall–Kier alpha value is -5.92. The fourth-order valence-corrected chi connectivity index (χ4v) is 7.98. The van der Waals surface area contributed by atoms with Gasteiger partial charge < -0.3 is 4.18 Å². The van der Waals surface area contributed by atoms with Gasteiger partial charge in [-0.05, 0) is 88.6 Å². The minimum atomic E-state index is -6.02. The fourth-order valence-electron chi connectivity index (χ4n) is 7.51. The van der Waals surface area contributed by atoms with Crippen molar-refractivity contribution < 1.29 is 25.8 Å². The number of halogens is 3. The molecule has 0 saturated heterocycles. The minimum Gasteiger partial charge on any atom is -0.375 e. The van der Waals surface area contributed by atoms with Crippen LogP contribution in [-0.4, -0.2) is 13.9 Å². The second kappa shape index (κ2) is 11.1. The van der Waals surface area contributed by atoms with Crippen LogP contribution in [0.2, 0.25) is 0 Å². The molecule has 0 amide bonds. The van der Waals surface area contributed by atoms with Crippen LogP contribution in [-0.2, 0) is 10.1 Å². The first-order valence-electron chi connectivity index (χ1n) is 16.0. The molecule has 9 aromatic carbocycles. The molecule has 9 rings (SSSR count). The molecule has 0 aliphatic rings. The number of fused-ring (bicyclic) bond motifs is 9. The highest BCUT2D eigenvalue weighted by Gasteiger charge is 2.49. The summed E-state index contributed by atoms with van der Waals surface area (Å²) in [6, 6.07) is 48.5. The maximum Gasteiger partial charge on any atom is 0.534 e. The number of rotatable bonds is 4. The highest BCUT2D eigenvalue weighted by atomic mass is 32.2. The van der Waals surface area contributed by atoms with Gasteiger partial charge in [0.1, 0.15) is 0 Å². The SMILES string of the molecule is O=S(=O)(Oc1ccc2c3ccccc3c3ccccc3c2c1-c1c2ccccc2c(-c2ccc3ccccc3c2)c2ccccc12)C(F)(F)F. The van der Waals surface area contributed by atoms with E-state index in [0.717, 1.165) is 70.4 Å². The van der Waals surface area contributed by atoms with Crippen molar-refractivity contribution in [3.05, 3.63) is 152 Å². The molecule has 0 N–H and O–H groups in total. The number of hydrogen-bond acceptors (Lipinski definition) is 3. The molecule has 9 aromatic rings. The molecular formula is C43H25F3O3S. The zero-order valence-corrected chi connectivity index (χ0v) is 27.0. The highest BCUT2D eigenvalue weighted by molar-refractivity contribution is 7.88. The van der Waals surface area contributed by atoms with Gasteiger partial charge >= 0.3 is 15.6 Å². The van der Waals surface area contributed by atoms with Crippen molar-refractivity contribution in [2.75, 3.05) is 0 Å². The average molecular weight is 679 g/mol. The summed E-state index contributed by atoms with van der Waals surface area (Å²) in [7, 11) is -6.02. The number of hydrogen-bond donors (Lipinski definition) is 0. The van der Waals surface area contributed by atoms with Gasteiger partial charge in [0.05, 0.1) is 0 Å². The van der Waals surface area contributed by atoms with Crippen LogP contribution in [0.15, 0.2) is 152 Å². The predicted octanol–water partition coefficient (Wildman–Crippen LogP) is 12.2. The van der Waals surface area contributed by atoms with Crippen molar-refractivity contribution >= 4 is 74.8 Å². The minimum absolute atomic E-state index is 0.273. The lowest BCUT2D eigenvalue weighted by atomic mass is 9.82. The molecule has 0 saturated carbocycles. The smallest absolute Gasteiger partial charge is 0.375 e. The Morgan fingerprint density at radius 3 is 1.42 bits per heavy atom. The van der Waals surface area contributed by atoms with Crippen molar-refractivity contribution in [2.24, 2.45) is 0 Å². The Morgan fingerprint density at radius 2 is 0.860 bits per heavy atom. The van der Waals surface area contributed by atoms with E-state index in [1.165, 1.54) is 6.07 Å². The predicted molar refractivity (Wildman–Crippen MR) is 198 cm³/mol. The quantitative estimate of drug-likeness (QED) is 0.0805. The van der Waals surface area contributed by atoms with Crippen LogP contribution in [0.5, 0.6) is 5.75 Å². The Morgan fingerprint density at radius 1 is 0.420 bits per heavy atom. The van der Waals surface area contributed by atoms with E-state index in [1.807, 2.05) is 109 Å². The topological polar surface area (TPSA) is 43.4 Å². The highest BCUT2D eigenvalue weighted by Crippen LogP contribution is 2.51. The van der Waals surface area contributed by atoms with E-state index < -0.39 is 21.4 Å². The zero-order chi connectivity index (χ0) is 34.2. The zero-order valence-electron chi connectivity index (χ0n) is 26.2. The van der Waals surface area contributed by atoms with Crippen LogP contribution >= 0.6 is 0 Å². The molecule has 0 aliphatic heterocycles. The third kappa shape index (κ3) is 4.54. The molecule has 50 heavy (non-hydrogen) atoms. The molecule has 0 aromatic heterocycles. The van der Waals surface area contributed by atoms with Gasteiger partial charge in [0.15, 0.2) is 5.75 Å². The van der Waals surface area contributed by atoms with Crippen molar-refractivity contribution in [3.63, 3.8) is 0 Å². The molecule has 0 fully saturated rings. The van der Waals surface area contributed by atoms with E-state index in [2.05, 4.69) is 30.3 Å².